The van der Waals surface area contributed by atoms with Gasteiger partial charge in [-0.05, 0) is 36.4 Å². The summed E-state index contributed by atoms with van der Waals surface area (Å²) in [5.41, 5.74) is 2.83. The first-order valence-corrected chi connectivity index (χ1v) is 10.7. The summed E-state index contributed by atoms with van der Waals surface area (Å²) < 4.78 is 0. The van der Waals surface area contributed by atoms with E-state index in [0.717, 1.165) is 54.0 Å². The van der Waals surface area contributed by atoms with Crippen LogP contribution in [-0.2, 0) is 6.54 Å². The highest BCUT2D eigenvalue weighted by Gasteiger charge is 2.22. The minimum Gasteiger partial charge on any atom is -0.336 e. The Morgan fingerprint density at radius 2 is 1.54 bits per heavy atom. The van der Waals surface area contributed by atoms with Crippen LogP contribution in [-0.4, -0.2) is 46.9 Å². The maximum atomic E-state index is 12.6. The van der Waals surface area contributed by atoms with Crippen LogP contribution in [0.15, 0.2) is 53.9 Å². The molecular formula is C21H19Cl2N3OS. The lowest BCUT2D eigenvalue weighted by molar-refractivity contribution is 0.0627. The van der Waals surface area contributed by atoms with Crippen LogP contribution in [0, 0.1) is 0 Å². The zero-order valence-corrected chi connectivity index (χ0v) is 17.5. The van der Waals surface area contributed by atoms with Gasteiger partial charge in [-0.15, -0.1) is 11.3 Å². The monoisotopic (exact) mass is 431 g/mol. The summed E-state index contributed by atoms with van der Waals surface area (Å²) in [6.45, 7) is 3.92. The molecule has 0 spiro atoms. The SMILES string of the molecule is O=C(c1ccc(Cl)cc1)N1CCN(Cc2csc(-c3ccc(Cl)cc3)n2)CC1. The Kier molecular flexibility index (Phi) is 5.97. The molecule has 3 aromatic rings. The number of benzene rings is 2. The maximum Gasteiger partial charge on any atom is 0.253 e. The molecule has 144 valence electrons. The van der Waals surface area contributed by atoms with Crippen molar-refractivity contribution in [3.05, 3.63) is 75.2 Å². The molecule has 0 aliphatic carbocycles. The predicted octanol–water partition coefficient (Wildman–Crippen LogP) is 5.07. The number of aromatic nitrogens is 1. The molecule has 1 saturated heterocycles. The number of rotatable bonds is 4. The summed E-state index contributed by atoms with van der Waals surface area (Å²) in [6, 6.07) is 14.8. The van der Waals surface area contributed by atoms with Gasteiger partial charge < -0.3 is 4.90 Å². The fraction of sp³-hybridized carbons (Fsp3) is 0.238. The van der Waals surface area contributed by atoms with E-state index >= 15 is 0 Å². The van der Waals surface area contributed by atoms with E-state index in [4.69, 9.17) is 28.2 Å². The molecule has 4 rings (SSSR count). The summed E-state index contributed by atoms with van der Waals surface area (Å²) >= 11 is 13.5. The van der Waals surface area contributed by atoms with Crippen molar-refractivity contribution in [1.29, 1.82) is 0 Å². The van der Waals surface area contributed by atoms with Gasteiger partial charge in [-0.2, -0.15) is 0 Å². The van der Waals surface area contributed by atoms with Gasteiger partial charge in [0.1, 0.15) is 5.01 Å². The normalized spacial score (nSPS) is 15.0. The fourth-order valence-corrected chi connectivity index (χ4v) is 4.29. The molecule has 0 atom stereocenters. The number of thiazole rings is 1. The van der Waals surface area contributed by atoms with Crippen LogP contribution in [0.5, 0.6) is 0 Å². The van der Waals surface area contributed by atoms with Gasteiger partial charge in [-0.1, -0.05) is 35.3 Å². The van der Waals surface area contributed by atoms with E-state index in [9.17, 15) is 4.79 Å². The Morgan fingerprint density at radius 3 is 2.18 bits per heavy atom. The van der Waals surface area contributed by atoms with Crippen LogP contribution in [0.2, 0.25) is 10.0 Å². The topological polar surface area (TPSA) is 36.4 Å². The second kappa shape index (κ2) is 8.62. The molecule has 0 bridgehead atoms. The molecule has 2 heterocycles. The number of hydrogen-bond donors (Lipinski definition) is 0. The molecule has 0 radical (unpaired) electrons. The number of halogens is 2. The van der Waals surface area contributed by atoms with Crippen LogP contribution in [0.25, 0.3) is 10.6 Å². The first-order valence-electron chi connectivity index (χ1n) is 9.06. The lowest BCUT2D eigenvalue weighted by Crippen LogP contribution is -2.48. The third-order valence-electron chi connectivity index (χ3n) is 4.78. The molecule has 2 aromatic carbocycles. The Morgan fingerprint density at radius 1 is 0.929 bits per heavy atom. The van der Waals surface area contributed by atoms with E-state index in [1.807, 2.05) is 29.2 Å². The van der Waals surface area contributed by atoms with Crippen molar-refractivity contribution in [2.75, 3.05) is 26.2 Å². The Hall–Kier alpha value is -1.92. The third kappa shape index (κ3) is 4.55. The molecule has 0 saturated carbocycles. The summed E-state index contributed by atoms with van der Waals surface area (Å²) in [6.07, 6.45) is 0. The molecular weight excluding hydrogens is 413 g/mol. The number of hydrogen-bond acceptors (Lipinski definition) is 4. The minimum atomic E-state index is 0.0648. The number of carbonyl (C=O) groups is 1. The van der Waals surface area contributed by atoms with Gasteiger partial charge in [0.15, 0.2) is 0 Å². The van der Waals surface area contributed by atoms with Crippen LogP contribution in [0.4, 0.5) is 0 Å². The molecule has 1 amide bonds. The highest BCUT2D eigenvalue weighted by Crippen LogP contribution is 2.26. The summed E-state index contributed by atoms with van der Waals surface area (Å²) in [4.78, 5) is 21.6. The van der Waals surface area contributed by atoms with Gasteiger partial charge in [0, 0.05) is 59.3 Å². The molecule has 0 unspecified atom stereocenters. The van der Waals surface area contributed by atoms with Crippen molar-refractivity contribution in [3.8, 4) is 10.6 Å². The van der Waals surface area contributed by atoms with E-state index in [-0.39, 0.29) is 5.91 Å². The van der Waals surface area contributed by atoms with Crippen molar-refractivity contribution in [1.82, 2.24) is 14.8 Å². The summed E-state index contributed by atoms with van der Waals surface area (Å²) in [7, 11) is 0. The molecule has 28 heavy (non-hydrogen) atoms. The van der Waals surface area contributed by atoms with Gasteiger partial charge in [-0.3, -0.25) is 9.69 Å². The van der Waals surface area contributed by atoms with Gasteiger partial charge in [-0.25, -0.2) is 4.98 Å². The lowest BCUT2D eigenvalue weighted by Gasteiger charge is -2.34. The van der Waals surface area contributed by atoms with Gasteiger partial charge >= 0.3 is 0 Å². The number of carbonyl (C=O) groups excluding carboxylic acids is 1. The van der Waals surface area contributed by atoms with E-state index in [0.29, 0.717) is 10.6 Å². The quantitative estimate of drug-likeness (QED) is 0.577. The Bertz CT molecular complexity index is 949. The molecule has 0 N–H and O–H groups in total. The maximum absolute atomic E-state index is 12.6. The van der Waals surface area contributed by atoms with E-state index in [2.05, 4.69) is 10.3 Å². The smallest absolute Gasteiger partial charge is 0.253 e. The zero-order valence-electron chi connectivity index (χ0n) is 15.1. The van der Waals surface area contributed by atoms with Crippen molar-refractivity contribution < 1.29 is 4.79 Å². The van der Waals surface area contributed by atoms with E-state index in [1.165, 1.54) is 0 Å². The average Bonchev–Trinajstić information content (AvgIpc) is 3.18. The number of piperazine rings is 1. The van der Waals surface area contributed by atoms with Crippen LogP contribution < -0.4 is 0 Å². The fourth-order valence-electron chi connectivity index (χ4n) is 3.22. The van der Waals surface area contributed by atoms with Crippen molar-refractivity contribution >= 4 is 40.4 Å². The second-order valence-corrected chi connectivity index (χ2v) is 8.46. The second-order valence-electron chi connectivity index (χ2n) is 6.73. The summed E-state index contributed by atoms with van der Waals surface area (Å²) in [5.74, 6) is 0.0648. The van der Waals surface area contributed by atoms with Crippen molar-refractivity contribution in [3.63, 3.8) is 0 Å². The largest absolute Gasteiger partial charge is 0.336 e. The van der Waals surface area contributed by atoms with Gasteiger partial charge in [0.05, 0.1) is 5.69 Å². The molecule has 1 aliphatic heterocycles. The van der Waals surface area contributed by atoms with Gasteiger partial charge in [0.25, 0.3) is 5.91 Å². The highest BCUT2D eigenvalue weighted by atomic mass is 35.5. The van der Waals surface area contributed by atoms with Crippen molar-refractivity contribution in [2.24, 2.45) is 0 Å². The van der Waals surface area contributed by atoms with Crippen molar-refractivity contribution in [2.45, 2.75) is 6.54 Å². The third-order valence-corrected chi connectivity index (χ3v) is 6.22. The van der Waals surface area contributed by atoms with Gasteiger partial charge in [0.2, 0.25) is 0 Å². The van der Waals surface area contributed by atoms with Crippen LogP contribution in [0.1, 0.15) is 16.1 Å². The predicted molar refractivity (Wildman–Crippen MR) is 115 cm³/mol. The average molecular weight is 432 g/mol. The van der Waals surface area contributed by atoms with Crippen LogP contribution >= 0.6 is 34.5 Å². The minimum absolute atomic E-state index is 0.0648. The Balaban J connectivity index is 1.33. The Labute approximate surface area is 178 Å². The molecule has 1 aliphatic rings. The molecule has 7 heteroatoms. The molecule has 4 nitrogen and oxygen atoms in total. The molecule has 1 aromatic heterocycles. The summed E-state index contributed by atoms with van der Waals surface area (Å²) in [5, 5.41) is 4.48. The van der Waals surface area contributed by atoms with E-state index in [1.54, 1.807) is 35.6 Å². The first-order chi connectivity index (χ1) is 13.6. The lowest BCUT2D eigenvalue weighted by atomic mass is 10.2. The highest BCUT2D eigenvalue weighted by molar-refractivity contribution is 7.13. The standard InChI is InChI=1S/C21H19Cl2N3OS/c22-17-5-1-15(2-6-17)20-24-19(14-28-20)13-25-9-11-26(12-10-25)21(27)16-3-7-18(23)8-4-16/h1-8,14H,9-13H2. The van der Waals surface area contributed by atoms with Crippen LogP contribution in [0.3, 0.4) is 0 Å². The number of nitrogens with zero attached hydrogens (tertiary/aromatic N) is 3. The molecule has 1 fully saturated rings. The van der Waals surface area contributed by atoms with E-state index < -0.39 is 0 Å². The zero-order chi connectivity index (χ0) is 19.5. The number of amides is 1. The first kappa shape index (κ1) is 19.4.